The van der Waals surface area contributed by atoms with E-state index in [2.05, 4.69) is 30.1 Å². The number of nitrogens with one attached hydrogen (secondary N) is 1. The fourth-order valence-electron chi connectivity index (χ4n) is 4.92. The minimum atomic E-state index is -0.576. The van der Waals surface area contributed by atoms with Crippen LogP contribution < -0.4 is 11.1 Å². The number of rotatable bonds is 4. The van der Waals surface area contributed by atoms with Crippen molar-refractivity contribution in [2.75, 3.05) is 13.1 Å². The number of amides is 3. The van der Waals surface area contributed by atoms with E-state index in [1.54, 1.807) is 4.90 Å². The molecule has 28 heavy (non-hydrogen) atoms. The highest BCUT2D eigenvalue weighted by Gasteiger charge is 2.42. The number of benzene rings is 1. The van der Waals surface area contributed by atoms with Crippen LogP contribution in [-0.2, 0) is 22.7 Å². The first-order chi connectivity index (χ1) is 13.3. The number of hydrogen-bond donors (Lipinski definition) is 2. The predicted octanol–water partition coefficient (Wildman–Crippen LogP) is 1.01. The molecule has 1 aromatic rings. The molecule has 2 unspecified atom stereocenters. The van der Waals surface area contributed by atoms with E-state index in [0.717, 1.165) is 30.6 Å². The molecule has 7 nitrogen and oxygen atoms in total. The number of likely N-dealkylation sites (tertiary alicyclic amines) is 1. The van der Waals surface area contributed by atoms with Crippen molar-refractivity contribution in [3.8, 4) is 0 Å². The third kappa shape index (κ3) is 3.12. The maximum Gasteiger partial charge on any atom is 0.255 e. The maximum absolute atomic E-state index is 13.0. The number of fused-ring (bicyclic) bond motifs is 1. The Morgan fingerprint density at radius 3 is 2.75 bits per heavy atom. The average molecular weight is 384 g/mol. The van der Waals surface area contributed by atoms with E-state index in [-0.39, 0.29) is 29.6 Å². The predicted molar refractivity (Wildman–Crippen MR) is 104 cm³/mol. The highest BCUT2D eigenvalue weighted by molar-refractivity contribution is 6.05. The number of imide groups is 1. The molecule has 3 heterocycles. The third-order valence-electron chi connectivity index (χ3n) is 6.66. The number of hydrogen-bond acceptors (Lipinski definition) is 5. The molecule has 7 heteroatoms. The summed E-state index contributed by atoms with van der Waals surface area (Å²) in [5, 5.41) is 2.36. The summed E-state index contributed by atoms with van der Waals surface area (Å²) in [5.41, 5.74) is 9.03. The molecule has 0 radical (unpaired) electrons. The monoisotopic (exact) mass is 384 g/mol. The van der Waals surface area contributed by atoms with Crippen LogP contribution in [0.15, 0.2) is 18.2 Å². The zero-order valence-corrected chi connectivity index (χ0v) is 16.5. The van der Waals surface area contributed by atoms with Gasteiger partial charge in [0.05, 0.1) is 0 Å². The largest absolute Gasteiger partial charge is 0.329 e. The zero-order chi connectivity index (χ0) is 20.1. The van der Waals surface area contributed by atoms with Gasteiger partial charge in [-0.25, -0.2) is 0 Å². The summed E-state index contributed by atoms with van der Waals surface area (Å²) in [6.45, 7) is 7.29. The molecule has 2 fully saturated rings. The second-order valence-corrected chi connectivity index (χ2v) is 8.80. The summed E-state index contributed by atoms with van der Waals surface area (Å²) >= 11 is 0. The van der Waals surface area contributed by atoms with Crippen molar-refractivity contribution in [2.45, 2.75) is 58.3 Å². The number of nitrogens with two attached hydrogens (primary N) is 1. The standard InChI is InChI=1S/C21H28N4O3/c1-21(2)8-9-24(17(21)10-22)11-13-4-3-5-14-15(13)12-25(20(14)28)16-6-7-18(26)23-19(16)27/h3-5,16-17H,6-12,22H2,1-2H3,(H,23,26,27). The van der Waals surface area contributed by atoms with Crippen LogP contribution in [0.2, 0.25) is 0 Å². The van der Waals surface area contributed by atoms with Crippen molar-refractivity contribution >= 4 is 17.7 Å². The second kappa shape index (κ2) is 6.97. The average Bonchev–Trinajstić information content (AvgIpc) is 3.12. The molecule has 0 saturated carbocycles. The Kier molecular flexibility index (Phi) is 4.75. The highest BCUT2D eigenvalue weighted by Crippen LogP contribution is 2.37. The van der Waals surface area contributed by atoms with Crippen molar-refractivity contribution in [1.29, 1.82) is 0 Å². The first kappa shape index (κ1) is 19.1. The SMILES string of the molecule is CC1(C)CCN(Cc2cccc3c2CN(C2CCC(=O)NC2=O)C3=O)C1CN. The molecular weight excluding hydrogens is 356 g/mol. The van der Waals surface area contributed by atoms with Gasteiger partial charge in [-0.15, -0.1) is 0 Å². The summed E-state index contributed by atoms with van der Waals surface area (Å²) in [7, 11) is 0. The van der Waals surface area contributed by atoms with Gasteiger partial charge in [-0.2, -0.15) is 0 Å². The Morgan fingerprint density at radius 1 is 1.25 bits per heavy atom. The first-order valence-electron chi connectivity index (χ1n) is 10.0. The van der Waals surface area contributed by atoms with Crippen LogP contribution in [0.5, 0.6) is 0 Å². The topological polar surface area (TPSA) is 95.7 Å². The fraction of sp³-hybridized carbons (Fsp3) is 0.571. The van der Waals surface area contributed by atoms with Crippen LogP contribution in [0.25, 0.3) is 0 Å². The van der Waals surface area contributed by atoms with Crippen LogP contribution in [0, 0.1) is 5.41 Å². The molecular formula is C21H28N4O3. The Bertz CT molecular complexity index is 835. The van der Waals surface area contributed by atoms with Gasteiger partial charge in [0.2, 0.25) is 11.8 Å². The first-order valence-corrected chi connectivity index (χ1v) is 10.0. The lowest BCUT2D eigenvalue weighted by Gasteiger charge is -2.32. The van der Waals surface area contributed by atoms with E-state index in [4.69, 9.17) is 5.73 Å². The van der Waals surface area contributed by atoms with Crippen LogP contribution in [-0.4, -0.2) is 52.7 Å². The molecule has 3 aliphatic rings. The minimum Gasteiger partial charge on any atom is -0.329 e. The van der Waals surface area contributed by atoms with Gasteiger partial charge in [-0.05, 0) is 42.0 Å². The van der Waals surface area contributed by atoms with Gasteiger partial charge in [0.1, 0.15) is 6.04 Å². The van der Waals surface area contributed by atoms with Crippen molar-refractivity contribution in [3.63, 3.8) is 0 Å². The summed E-state index contributed by atoms with van der Waals surface area (Å²) in [6.07, 6.45) is 1.75. The van der Waals surface area contributed by atoms with E-state index in [1.807, 2.05) is 12.1 Å². The summed E-state index contributed by atoms with van der Waals surface area (Å²) in [5.74, 6) is -0.762. The number of piperidine rings is 1. The normalized spacial score (nSPS) is 27.2. The van der Waals surface area contributed by atoms with E-state index >= 15 is 0 Å². The molecule has 0 aliphatic carbocycles. The molecule has 4 rings (SSSR count). The number of nitrogens with zero attached hydrogens (tertiary/aromatic N) is 2. The molecule has 0 spiro atoms. The Morgan fingerprint density at radius 2 is 2.04 bits per heavy atom. The number of carbonyl (C=O) groups excluding carboxylic acids is 3. The van der Waals surface area contributed by atoms with E-state index < -0.39 is 6.04 Å². The molecule has 1 aromatic carbocycles. The molecule has 2 atom stereocenters. The molecule has 2 saturated heterocycles. The van der Waals surface area contributed by atoms with Crippen LogP contribution in [0.3, 0.4) is 0 Å². The van der Waals surface area contributed by atoms with Gasteiger partial charge in [0.25, 0.3) is 5.91 Å². The van der Waals surface area contributed by atoms with Gasteiger partial charge in [0, 0.05) is 37.7 Å². The van der Waals surface area contributed by atoms with E-state index in [9.17, 15) is 14.4 Å². The van der Waals surface area contributed by atoms with Gasteiger partial charge < -0.3 is 10.6 Å². The van der Waals surface area contributed by atoms with Crippen LogP contribution in [0.4, 0.5) is 0 Å². The van der Waals surface area contributed by atoms with Crippen molar-refractivity contribution in [3.05, 3.63) is 34.9 Å². The molecule has 150 valence electrons. The Labute approximate surface area is 165 Å². The van der Waals surface area contributed by atoms with Gasteiger partial charge in [0.15, 0.2) is 0 Å². The summed E-state index contributed by atoms with van der Waals surface area (Å²) < 4.78 is 0. The molecule has 3 N–H and O–H groups in total. The maximum atomic E-state index is 13.0. The molecule has 0 bridgehead atoms. The van der Waals surface area contributed by atoms with Crippen molar-refractivity contribution < 1.29 is 14.4 Å². The van der Waals surface area contributed by atoms with Crippen LogP contribution in [0.1, 0.15) is 54.6 Å². The molecule has 3 amide bonds. The Balaban J connectivity index is 1.57. The lowest BCUT2D eigenvalue weighted by molar-refractivity contribution is -0.136. The van der Waals surface area contributed by atoms with E-state index in [1.165, 1.54) is 0 Å². The second-order valence-electron chi connectivity index (χ2n) is 8.80. The smallest absolute Gasteiger partial charge is 0.255 e. The zero-order valence-electron chi connectivity index (χ0n) is 16.5. The third-order valence-corrected chi connectivity index (χ3v) is 6.66. The summed E-state index contributed by atoms with van der Waals surface area (Å²) in [6, 6.07) is 5.55. The summed E-state index contributed by atoms with van der Waals surface area (Å²) in [4.78, 5) is 40.7. The van der Waals surface area contributed by atoms with Crippen LogP contribution >= 0.6 is 0 Å². The minimum absolute atomic E-state index is 0.122. The van der Waals surface area contributed by atoms with E-state index in [0.29, 0.717) is 31.1 Å². The molecule has 0 aromatic heterocycles. The quantitative estimate of drug-likeness (QED) is 0.756. The lowest BCUT2D eigenvalue weighted by atomic mass is 9.85. The lowest BCUT2D eigenvalue weighted by Crippen LogP contribution is -2.52. The van der Waals surface area contributed by atoms with Crippen molar-refractivity contribution in [1.82, 2.24) is 15.1 Å². The Hall–Kier alpha value is -2.25. The highest BCUT2D eigenvalue weighted by atomic mass is 16.2. The van der Waals surface area contributed by atoms with Gasteiger partial charge in [-0.3, -0.25) is 24.6 Å². The van der Waals surface area contributed by atoms with Gasteiger partial charge in [-0.1, -0.05) is 26.0 Å². The number of carbonyl (C=O) groups is 3. The molecule has 3 aliphatic heterocycles. The van der Waals surface area contributed by atoms with Gasteiger partial charge >= 0.3 is 0 Å². The fourth-order valence-corrected chi connectivity index (χ4v) is 4.92. The van der Waals surface area contributed by atoms with Crippen molar-refractivity contribution in [2.24, 2.45) is 11.1 Å².